The van der Waals surface area contributed by atoms with E-state index in [4.69, 9.17) is 20.2 Å². The smallest absolute Gasteiger partial charge is 0.191 e. The van der Waals surface area contributed by atoms with Crippen LogP contribution in [-0.2, 0) is 23.5 Å². The number of hydrogen-bond donors (Lipinski definition) is 1. The number of thiophene rings is 1. The van der Waals surface area contributed by atoms with Crippen molar-refractivity contribution in [3.05, 3.63) is 40.3 Å². The van der Waals surface area contributed by atoms with E-state index in [0.29, 0.717) is 18.3 Å². The van der Waals surface area contributed by atoms with Gasteiger partial charge in [0.2, 0.25) is 0 Å². The summed E-state index contributed by atoms with van der Waals surface area (Å²) in [6.45, 7) is 9.09. The third-order valence-corrected chi connectivity index (χ3v) is 7.00. The van der Waals surface area contributed by atoms with Gasteiger partial charge in [-0.25, -0.2) is 9.97 Å². The summed E-state index contributed by atoms with van der Waals surface area (Å²) in [4.78, 5) is 11.6. The van der Waals surface area contributed by atoms with Crippen LogP contribution in [0.5, 0.6) is 5.75 Å². The van der Waals surface area contributed by atoms with Crippen LogP contribution in [-0.4, -0.2) is 22.2 Å². The number of benzene rings is 1. The SMILES string of the molecule is CC(C)Oc1ccc(CSc2nc(N)c3c4c(sc3n2)CO[C@H](C(C)C)C4)cc1. The van der Waals surface area contributed by atoms with E-state index in [0.717, 1.165) is 33.3 Å². The van der Waals surface area contributed by atoms with Crippen LogP contribution in [0.2, 0.25) is 0 Å². The molecule has 0 aliphatic carbocycles. The van der Waals surface area contributed by atoms with Crippen LogP contribution in [0.15, 0.2) is 29.4 Å². The Morgan fingerprint density at radius 3 is 2.66 bits per heavy atom. The van der Waals surface area contributed by atoms with Crippen molar-refractivity contribution in [3.63, 3.8) is 0 Å². The van der Waals surface area contributed by atoms with Gasteiger partial charge in [0.1, 0.15) is 16.4 Å². The third-order valence-electron chi connectivity index (χ3n) is 4.98. The molecule has 3 aromatic rings. The van der Waals surface area contributed by atoms with E-state index in [1.165, 1.54) is 16.0 Å². The van der Waals surface area contributed by atoms with E-state index in [1.807, 2.05) is 26.0 Å². The van der Waals surface area contributed by atoms with Crippen molar-refractivity contribution in [2.45, 2.75) is 63.8 Å². The Hall–Kier alpha value is -1.83. The van der Waals surface area contributed by atoms with Crippen LogP contribution in [0.1, 0.15) is 43.7 Å². The lowest BCUT2D eigenvalue weighted by Crippen LogP contribution is -2.26. The Morgan fingerprint density at radius 1 is 1.21 bits per heavy atom. The maximum atomic E-state index is 6.37. The maximum Gasteiger partial charge on any atom is 0.191 e. The first-order chi connectivity index (χ1) is 13.9. The van der Waals surface area contributed by atoms with Crippen LogP contribution >= 0.6 is 23.1 Å². The van der Waals surface area contributed by atoms with Gasteiger partial charge >= 0.3 is 0 Å². The predicted molar refractivity (Wildman–Crippen MR) is 121 cm³/mol. The van der Waals surface area contributed by atoms with Crippen LogP contribution in [0.25, 0.3) is 10.2 Å². The second kappa shape index (κ2) is 8.50. The molecule has 7 heteroatoms. The van der Waals surface area contributed by atoms with Crippen molar-refractivity contribution in [1.82, 2.24) is 9.97 Å². The summed E-state index contributed by atoms with van der Waals surface area (Å²) in [5.74, 6) is 2.74. The van der Waals surface area contributed by atoms with Gasteiger partial charge in [-0.3, -0.25) is 0 Å². The van der Waals surface area contributed by atoms with E-state index in [-0.39, 0.29) is 12.2 Å². The molecule has 1 aromatic carbocycles. The van der Waals surface area contributed by atoms with Gasteiger partial charge in [0.05, 0.1) is 24.2 Å². The summed E-state index contributed by atoms with van der Waals surface area (Å²) in [5, 5.41) is 1.75. The summed E-state index contributed by atoms with van der Waals surface area (Å²) >= 11 is 3.29. The minimum Gasteiger partial charge on any atom is -0.491 e. The molecule has 1 aliphatic heterocycles. The zero-order chi connectivity index (χ0) is 20.5. The number of nitrogens with two attached hydrogens (primary N) is 1. The molecule has 0 unspecified atom stereocenters. The fraction of sp³-hybridized carbons (Fsp3) is 0.455. The molecule has 0 fully saturated rings. The van der Waals surface area contributed by atoms with Gasteiger partial charge in [-0.2, -0.15) is 0 Å². The van der Waals surface area contributed by atoms with Crippen molar-refractivity contribution in [2.24, 2.45) is 5.92 Å². The standard InChI is InChI=1S/C22H27N3O2S2/c1-12(2)17-9-16-18(10-26-17)29-21-19(16)20(23)24-22(25-21)28-11-14-5-7-15(8-6-14)27-13(3)4/h5-8,12-13,17H,9-11H2,1-4H3,(H2,23,24,25)/t17-/m0/s1. The molecule has 1 aliphatic rings. The molecule has 5 nitrogen and oxygen atoms in total. The van der Waals surface area contributed by atoms with Gasteiger partial charge in [0, 0.05) is 17.1 Å². The quantitative estimate of drug-likeness (QED) is 0.415. The number of nitrogens with zero attached hydrogens (tertiary/aromatic N) is 2. The zero-order valence-corrected chi connectivity index (χ0v) is 18.9. The topological polar surface area (TPSA) is 70.3 Å². The van der Waals surface area contributed by atoms with Gasteiger partial charge in [-0.05, 0) is 43.0 Å². The first-order valence-corrected chi connectivity index (χ1v) is 11.8. The van der Waals surface area contributed by atoms with Gasteiger partial charge < -0.3 is 15.2 Å². The zero-order valence-electron chi connectivity index (χ0n) is 17.3. The number of thioether (sulfide) groups is 1. The molecule has 2 aromatic heterocycles. The minimum absolute atomic E-state index is 0.177. The Morgan fingerprint density at radius 2 is 1.97 bits per heavy atom. The molecule has 1 atom stereocenters. The summed E-state index contributed by atoms with van der Waals surface area (Å²) in [6.07, 6.45) is 1.30. The van der Waals surface area contributed by atoms with E-state index in [9.17, 15) is 0 Å². The largest absolute Gasteiger partial charge is 0.491 e. The van der Waals surface area contributed by atoms with E-state index in [1.54, 1.807) is 23.1 Å². The first-order valence-electron chi connectivity index (χ1n) is 9.98. The summed E-state index contributed by atoms with van der Waals surface area (Å²) in [6, 6.07) is 8.18. The Kier molecular flexibility index (Phi) is 5.99. The normalized spacial score (nSPS) is 16.6. The highest BCUT2D eigenvalue weighted by Gasteiger charge is 2.27. The van der Waals surface area contributed by atoms with E-state index < -0.39 is 0 Å². The Labute approximate surface area is 180 Å². The number of nitrogen functional groups attached to an aromatic ring is 1. The summed E-state index contributed by atoms with van der Waals surface area (Å²) < 4.78 is 11.7. The van der Waals surface area contributed by atoms with Crippen molar-refractivity contribution >= 4 is 39.1 Å². The number of ether oxygens (including phenoxy) is 2. The van der Waals surface area contributed by atoms with Crippen molar-refractivity contribution in [3.8, 4) is 5.75 Å². The second-order valence-electron chi connectivity index (χ2n) is 7.97. The molecule has 2 N–H and O–H groups in total. The fourth-order valence-electron chi connectivity index (χ4n) is 3.46. The minimum atomic E-state index is 0.177. The number of fused-ring (bicyclic) bond motifs is 3. The Bertz CT molecular complexity index is 999. The maximum absolute atomic E-state index is 6.37. The van der Waals surface area contributed by atoms with Crippen molar-refractivity contribution in [2.75, 3.05) is 5.73 Å². The Balaban J connectivity index is 1.51. The molecule has 4 rings (SSSR count). The highest BCUT2D eigenvalue weighted by atomic mass is 32.2. The van der Waals surface area contributed by atoms with Crippen LogP contribution in [0.3, 0.4) is 0 Å². The lowest BCUT2D eigenvalue weighted by atomic mass is 9.96. The van der Waals surface area contributed by atoms with E-state index >= 15 is 0 Å². The average Bonchev–Trinajstić information content (AvgIpc) is 3.05. The highest BCUT2D eigenvalue weighted by molar-refractivity contribution is 7.98. The monoisotopic (exact) mass is 429 g/mol. The average molecular weight is 430 g/mol. The molecule has 0 radical (unpaired) electrons. The fourth-order valence-corrected chi connectivity index (χ4v) is 5.46. The molecular formula is C22H27N3O2S2. The van der Waals surface area contributed by atoms with Crippen LogP contribution < -0.4 is 10.5 Å². The molecule has 0 amide bonds. The van der Waals surface area contributed by atoms with E-state index in [2.05, 4.69) is 31.0 Å². The molecule has 0 saturated carbocycles. The number of aromatic nitrogens is 2. The summed E-state index contributed by atoms with van der Waals surface area (Å²) in [7, 11) is 0. The number of anilines is 1. The molecule has 0 saturated heterocycles. The predicted octanol–water partition coefficient (Wildman–Crippen LogP) is 5.45. The number of rotatable bonds is 6. The van der Waals surface area contributed by atoms with Gasteiger partial charge in [0.15, 0.2) is 5.16 Å². The van der Waals surface area contributed by atoms with Crippen molar-refractivity contribution < 1.29 is 9.47 Å². The van der Waals surface area contributed by atoms with Crippen LogP contribution in [0, 0.1) is 5.92 Å². The van der Waals surface area contributed by atoms with Crippen molar-refractivity contribution in [1.29, 1.82) is 0 Å². The molecular weight excluding hydrogens is 402 g/mol. The van der Waals surface area contributed by atoms with Gasteiger partial charge in [-0.15, -0.1) is 11.3 Å². The number of hydrogen-bond acceptors (Lipinski definition) is 7. The molecule has 0 spiro atoms. The third kappa shape index (κ3) is 4.52. The molecule has 3 heterocycles. The first kappa shape index (κ1) is 20.4. The van der Waals surface area contributed by atoms with Gasteiger partial charge in [-0.1, -0.05) is 37.7 Å². The van der Waals surface area contributed by atoms with Gasteiger partial charge in [0.25, 0.3) is 0 Å². The second-order valence-corrected chi connectivity index (χ2v) is 10.00. The lowest BCUT2D eigenvalue weighted by Gasteiger charge is -2.26. The lowest BCUT2D eigenvalue weighted by molar-refractivity contribution is 0.00203. The summed E-state index contributed by atoms with van der Waals surface area (Å²) in [5.41, 5.74) is 8.85. The molecule has 154 valence electrons. The van der Waals surface area contributed by atoms with Crippen LogP contribution in [0.4, 0.5) is 5.82 Å². The molecule has 0 bridgehead atoms. The molecule has 29 heavy (non-hydrogen) atoms. The highest BCUT2D eigenvalue weighted by Crippen LogP contribution is 2.39.